The quantitative estimate of drug-likeness (QED) is 0.583. The van der Waals surface area contributed by atoms with Crippen molar-refractivity contribution in [3.63, 3.8) is 0 Å². The van der Waals surface area contributed by atoms with E-state index in [0.29, 0.717) is 0 Å². The number of halogens is 1. The first kappa shape index (κ1) is 15.2. The molecule has 0 aromatic heterocycles. The van der Waals surface area contributed by atoms with Crippen LogP contribution in [0.5, 0.6) is 0 Å². The van der Waals surface area contributed by atoms with E-state index in [1.54, 1.807) is 20.8 Å². The molecule has 0 aliphatic rings. The van der Waals surface area contributed by atoms with E-state index in [-0.39, 0.29) is 19.0 Å². The molecule has 0 saturated carbocycles. The monoisotopic (exact) mass is 251 g/mol. The van der Waals surface area contributed by atoms with Gasteiger partial charge in [0, 0.05) is 6.54 Å². The van der Waals surface area contributed by atoms with Crippen LogP contribution in [0.25, 0.3) is 0 Å². The molecule has 6 heteroatoms. The van der Waals surface area contributed by atoms with Gasteiger partial charge in [0.25, 0.3) is 0 Å². The third-order valence-corrected chi connectivity index (χ3v) is 1.76. The molecule has 0 rings (SSSR count). The lowest BCUT2D eigenvalue weighted by Gasteiger charge is -2.21. The van der Waals surface area contributed by atoms with Crippen molar-refractivity contribution in [1.82, 2.24) is 0 Å². The van der Waals surface area contributed by atoms with Crippen LogP contribution in [0.1, 0.15) is 27.2 Å². The van der Waals surface area contributed by atoms with Crippen molar-refractivity contribution < 1.29 is 19.1 Å². The molecule has 0 heterocycles. The Balaban J connectivity index is 4.22. The first-order chi connectivity index (χ1) is 7.30. The van der Waals surface area contributed by atoms with Crippen molar-refractivity contribution in [2.75, 3.05) is 12.6 Å². The topological polar surface area (TPSA) is 78.6 Å². The molecule has 0 aliphatic heterocycles. The van der Waals surface area contributed by atoms with Gasteiger partial charge in [0.05, 0.1) is 12.3 Å². The summed E-state index contributed by atoms with van der Waals surface area (Å²) in [4.78, 5) is 22.7. The Bertz CT molecular complexity index is 250. The molecule has 0 aliphatic carbocycles. The second-order valence-corrected chi connectivity index (χ2v) is 4.51. The van der Waals surface area contributed by atoms with Gasteiger partial charge in [-0.3, -0.25) is 9.59 Å². The minimum Gasteiger partial charge on any atom is -0.460 e. The molecule has 0 radical (unpaired) electrons. The normalized spacial score (nSPS) is 13.1. The van der Waals surface area contributed by atoms with Crippen LogP contribution in [-0.2, 0) is 19.1 Å². The maximum absolute atomic E-state index is 11.4. The highest BCUT2D eigenvalue weighted by molar-refractivity contribution is 6.17. The lowest BCUT2D eigenvalue weighted by Crippen LogP contribution is -2.31. The number of hydrogen-bond acceptors (Lipinski definition) is 5. The predicted octanol–water partition coefficient (Wildman–Crippen LogP) is 1.03. The number of carbonyl (C=O) groups excluding carboxylic acids is 2. The molecule has 5 nitrogen and oxygen atoms in total. The van der Waals surface area contributed by atoms with Crippen LogP contribution in [0, 0.1) is 5.92 Å². The maximum Gasteiger partial charge on any atom is 0.312 e. The van der Waals surface area contributed by atoms with Gasteiger partial charge in [0.2, 0.25) is 0 Å². The summed E-state index contributed by atoms with van der Waals surface area (Å²) in [6.07, 6.45) is -0.0938. The number of esters is 2. The van der Waals surface area contributed by atoms with E-state index in [9.17, 15) is 9.59 Å². The highest BCUT2D eigenvalue weighted by atomic mass is 35.5. The maximum atomic E-state index is 11.4. The minimum absolute atomic E-state index is 0.0228. The van der Waals surface area contributed by atoms with Crippen molar-refractivity contribution in [2.45, 2.75) is 32.8 Å². The van der Waals surface area contributed by atoms with E-state index in [1.807, 2.05) is 0 Å². The molecular weight excluding hydrogens is 234 g/mol. The average molecular weight is 252 g/mol. The van der Waals surface area contributed by atoms with Gasteiger partial charge in [0.15, 0.2) is 6.07 Å². The number of alkyl halides is 1. The molecule has 94 valence electrons. The zero-order chi connectivity index (χ0) is 12.8. The third-order valence-electron chi connectivity index (χ3n) is 1.65. The van der Waals surface area contributed by atoms with Gasteiger partial charge in [-0.25, -0.2) is 0 Å². The van der Waals surface area contributed by atoms with Crippen molar-refractivity contribution in [1.29, 1.82) is 0 Å². The van der Waals surface area contributed by atoms with Crippen LogP contribution in [0.2, 0.25) is 0 Å². The predicted molar refractivity (Wildman–Crippen MR) is 59.8 cm³/mol. The Morgan fingerprint density at radius 2 is 1.94 bits per heavy atom. The molecule has 0 aromatic carbocycles. The standard InChI is InChI=1S/C10H18ClNO4/c1-10(2,3)16-8(13)4-7(5-12)9(14)15-6-11/h7H,4-6,12H2,1-3H3. The van der Waals surface area contributed by atoms with Gasteiger partial charge in [0.1, 0.15) is 5.60 Å². The van der Waals surface area contributed by atoms with E-state index in [1.165, 1.54) is 0 Å². The molecule has 0 spiro atoms. The Morgan fingerprint density at radius 3 is 2.31 bits per heavy atom. The second-order valence-electron chi connectivity index (χ2n) is 4.30. The number of ether oxygens (including phenoxy) is 2. The summed E-state index contributed by atoms with van der Waals surface area (Å²) in [5.41, 5.74) is 4.79. The fourth-order valence-corrected chi connectivity index (χ4v) is 1.13. The van der Waals surface area contributed by atoms with Crippen LogP contribution < -0.4 is 5.73 Å². The van der Waals surface area contributed by atoms with Gasteiger partial charge >= 0.3 is 11.9 Å². The highest BCUT2D eigenvalue weighted by Crippen LogP contribution is 2.12. The Morgan fingerprint density at radius 1 is 1.38 bits per heavy atom. The van der Waals surface area contributed by atoms with Crippen LogP contribution in [0.15, 0.2) is 0 Å². The zero-order valence-corrected chi connectivity index (χ0v) is 10.5. The molecule has 1 atom stereocenters. The lowest BCUT2D eigenvalue weighted by atomic mass is 10.1. The van der Waals surface area contributed by atoms with Crippen LogP contribution in [-0.4, -0.2) is 30.2 Å². The van der Waals surface area contributed by atoms with E-state index < -0.39 is 23.5 Å². The van der Waals surface area contributed by atoms with Gasteiger partial charge in [-0.1, -0.05) is 11.6 Å². The summed E-state index contributed by atoms with van der Waals surface area (Å²) in [7, 11) is 0. The number of carbonyl (C=O) groups is 2. The third kappa shape index (κ3) is 6.63. The fourth-order valence-electron chi connectivity index (χ4n) is 1.02. The van der Waals surface area contributed by atoms with Gasteiger partial charge in [-0.05, 0) is 20.8 Å². The first-order valence-corrected chi connectivity index (χ1v) is 5.48. The molecule has 2 N–H and O–H groups in total. The number of rotatable bonds is 5. The summed E-state index contributed by atoms with van der Waals surface area (Å²) in [5, 5.41) is 0. The molecule has 0 bridgehead atoms. The summed E-state index contributed by atoms with van der Waals surface area (Å²) in [5.74, 6) is -1.76. The Hall–Kier alpha value is -0.810. The first-order valence-electron chi connectivity index (χ1n) is 4.94. The Labute approximate surface area is 100 Å². The van der Waals surface area contributed by atoms with Crippen molar-refractivity contribution in [3.05, 3.63) is 0 Å². The van der Waals surface area contributed by atoms with Crippen molar-refractivity contribution in [3.8, 4) is 0 Å². The summed E-state index contributed by atoms with van der Waals surface area (Å²) < 4.78 is 9.63. The zero-order valence-electron chi connectivity index (χ0n) is 9.79. The van der Waals surface area contributed by atoms with E-state index in [4.69, 9.17) is 22.1 Å². The number of hydrogen-bond donors (Lipinski definition) is 1. The van der Waals surface area contributed by atoms with Crippen LogP contribution in [0.3, 0.4) is 0 Å². The largest absolute Gasteiger partial charge is 0.460 e. The second kappa shape index (κ2) is 6.70. The van der Waals surface area contributed by atoms with Crippen LogP contribution in [0.4, 0.5) is 0 Å². The van der Waals surface area contributed by atoms with Gasteiger partial charge in [-0.15, -0.1) is 0 Å². The molecular formula is C10H18ClNO4. The van der Waals surface area contributed by atoms with Crippen molar-refractivity contribution >= 4 is 23.5 Å². The highest BCUT2D eigenvalue weighted by Gasteiger charge is 2.25. The minimum atomic E-state index is -0.700. The molecule has 0 fully saturated rings. The summed E-state index contributed by atoms with van der Waals surface area (Å²) >= 11 is 5.24. The molecule has 1 unspecified atom stereocenters. The van der Waals surface area contributed by atoms with Gasteiger partial charge in [-0.2, -0.15) is 0 Å². The van der Waals surface area contributed by atoms with E-state index in [2.05, 4.69) is 4.74 Å². The average Bonchev–Trinajstić information content (AvgIpc) is 2.11. The van der Waals surface area contributed by atoms with Crippen molar-refractivity contribution in [2.24, 2.45) is 11.7 Å². The molecule has 16 heavy (non-hydrogen) atoms. The molecule has 0 amide bonds. The summed E-state index contributed by atoms with van der Waals surface area (Å²) in [6.45, 7) is 5.27. The Kier molecular flexibility index (Phi) is 6.36. The smallest absolute Gasteiger partial charge is 0.312 e. The fraction of sp³-hybridized carbons (Fsp3) is 0.800. The molecule has 0 aromatic rings. The molecule has 0 saturated heterocycles. The summed E-state index contributed by atoms with van der Waals surface area (Å²) in [6, 6.07) is -0.246. The van der Waals surface area contributed by atoms with Gasteiger partial charge < -0.3 is 15.2 Å². The van der Waals surface area contributed by atoms with E-state index in [0.717, 1.165) is 0 Å². The van der Waals surface area contributed by atoms with E-state index >= 15 is 0 Å². The number of nitrogens with two attached hydrogens (primary N) is 1. The SMILES string of the molecule is CC(C)(C)OC(=O)CC(CN)C(=O)OCCl. The van der Waals surface area contributed by atoms with Crippen LogP contribution >= 0.6 is 11.6 Å². The lowest BCUT2D eigenvalue weighted by molar-refractivity contribution is -0.160.